The quantitative estimate of drug-likeness (QED) is 0.489. The number of ether oxygens (including phenoxy) is 3. The Morgan fingerprint density at radius 2 is 1.96 bits per heavy atom. The molecule has 5 atom stereocenters. The average Bonchev–Trinajstić information content (AvgIpc) is 3.38. The van der Waals surface area contributed by atoms with Crippen molar-refractivity contribution in [2.24, 2.45) is 0 Å². The van der Waals surface area contributed by atoms with Gasteiger partial charge in [0.2, 0.25) is 0 Å². The lowest BCUT2D eigenvalue weighted by atomic mass is 9.94. The number of cyclic esters (lactones) is 1. The van der Waals surface area contributed by atoms with E-state index in [4.69, 9.17) is 14.2 Å². The third-order valence-electron chi connectivity index (χ3n) is 4.64. The van der Waals surface area contributed by atoms with Crippen LogP contribution in [0.5, 0.6) is 11.5 Å². The van der Waals surface area contributed by atoms with Gasteiger partial charge in [-0.2, -0.15) is 0 Å². The average molecular weight is 378 g/mol. The fraction of sp³-hybridized carbons (Fsp3) is 0.474. The monoisotopic (exact) mass is 378 g/mol. The van der Waals surface area contributed by atoms with Crippen LogP contribution in [0.2, 0.25) is 0 Å². The van der Waals surface area contributed by atoms with Crippen LogP contribution < -0.4 is 4.74 Å². The summed E-state index contributed by atoms with van der Waals surface area (Å²) in [4.78, 5) is 24.6. The van der Waals surface area contributed by atoms with Crippen molar-refractivity contribution in [1.29, 1.82) is 0 Å². The van der Waals surface area contributed by atoms with Crippen molar-refractivity contribution in [3.05, 3.63) is 35.4 Å². The number of ketones is 1. The first-order valence-electron chi connectivity index (χ1n) is 8.65. The molecule has 0 unspecified atom stereocenters. The van der Waals surface area contributed by atoms with Gasteiger partial charge in [0.1, 0.15) is 35.4 Å². The van der Waals surface area contributed by atoms with Gasteiger partial charge < -0.3 is 29.5 Å². The number of aromatic hydroxyl groups is 1. The maximum Gasteiger partial charge on any atom is 0.342 e. The van der Waals surface area contributed by atoms with Crippen molar-refractivity contribution in [3.8, 4) is 11.5 Å². The van der Waals surface area contributed by atoms with Crippen LogP contribution in [0.3, 0.4) is 0 Å². The molecule has 0 aromatic heterocycles. The SMILES string of the molecule is COc1cc(O)c2c(c1)[C@@H](O)[C@@H](O)C[C@@H]1O[C@@H]1C(=O)/C=C/C[C@H](C)OC2=O. The summed E-state index contributed by atoms with van der Waals surface area (Å²) in [5.41, 5.74) is -0.257. The molecule has 0 aliphatic carbocycles. The molecule has 0 saturated carbocycles. The molecule has 3 rings (SSSR count). The van der Waals surface area contributed by atoms with E-state index in [1.807, 2.05) is 0 Å². The molecule has 8 heteroatoms. The third-order valence-corrected chi connectivity index (χ3v) is 4.64. The summed E-state index contributed by atoms with van der Waals surface area (Å²) in [5, 5.41) is 31.2. The highest BCUT2D eigenvalue weighted by Gasteiger charge is 2.45. The zero-order chi connectivity index (χ0) is 19.7. The van der Waals surface area contributed by atoms with E-state index in [0.717, 1.165) is 0 Å². The zero-order valence-corrected chi connectivity index (χ0v) is 15.0. The number of aliphatic hydroxyl groups excluding tert-OH is 2. The summed E-state index contributed by atoms with van der Waals surface area (Å²) >= 11 is 0. The number of epoxide rings is 1. The summed E-state index contributed by atoms with van der Waals surface area (Å²) in [5.74, 6) is -1.30. The summed E-state index contributed by atoms with van der Waals surface area (Å²) in [6, 6.07) is 2.59. The van der Waals surface area contributed by atoms with Crippen LogP contribution in [0, 0.1) is 0 Å². The molecule has 0 radical (unpaired) electrons. The van der Waals surface area contributed by atoms with Crippen LogP contribution >= 0.6 is 0 Å². The smallest absolute Gasteiger partial charge is 0.342 e. The number of esters is 1. The Morgan fingerprint density at radius 1 is 1.22 bits per heavy atom. The maximum absolute atomic E-state index is 12.6. The van der Waals surface area contributed by atoms with Crippen LogP contribution in [-0.2, 0) is 14.3 Å². The molecular weight excluding hydrogens is 356 g/mol. The fourth-order valence-corrected chi connectivity index (χ4v) is 3.10. The van der Waals surface area contributed by atoms with Gasteiger partial charge in [0, 0.05) is 24.5 Å². The first kappa shape index (κ1) is 19.3. The third kappa shape index (κ3) is 4.13. The number of methoxy groups -OCH3 is 1. The van der Waals surface area contributed by atoms with Crippen molar-refractivity contribution < 1.29 is 39.1 Å². The number of carbonyl (C=O) groups is 2. The number of fused-ring (bicyclic) bond motifs is 2. The highest BCUT2D eigenvalue weighted by atomic mass is 16.6. The molecule has 3 N–H and O–H groups in total. The Kier molecular flexibility index (Phi) is 5.50. The Bertz CT molecular complexity index is 771. The van der Waals surface area contributed by atoms with Gasteiger partial charge in [0.05, 0.1) is 19.3 Å². The molecule has 1 saturated heterocycles. The molecule has 146 valence electrons. The van der Waals surface area contributed by atoms with Gasteiger partial charge in [-0.25, -0.2) is 4.79 Å². The summed E-state index contributed by atoms with van der Waals surface area (Å²) in [6.45, 7) is 1.64. The van der Waals surface area contributed by atoms with Gasteiger partial charge >= 0.3 is 5.97 Å². The van der Waals surface area contributed by atoms with Crippen LogP contribution in [0.4, 0.5) is 0 Å². The first-order valence-corrected chi connectivity index (χ1v) is 8.65. The topological polar surface area (TPSA) is 126 Å². The molecule has 2 heterocycles. The minimum atomic E-state index is -1.51. The summed E-state index contributed by atoms with van der Waals surface area (Å²) in [7, 11) is 1.37. The maximum atomic E-state index is 12.6. The van der Waals surface area contributed by atoms with Gasteiger partial charge in [-0.1, -0.05) is 6.08 Å². The van der Waals surface area contributed by atoms with E-state index in [-0.39, 0.29) is 29.1 Å². The molecule has 2 aliphatic heterocycles. The first-order chi connectivity index (χ1) is 12.8. The molecule has 0 spiro atoms. The number of aliphatic hydroxyl groups is 2. The lowest BCUT2D eigenvalue weighted by Gasteiger charge is -2.22. The standard InChI is InChI=1S/C19H22O8/c1-9-4-3-5-12(20)18-15(27-18)8-14(22)17(23)11-6-10(25-2)7-13(21)16(11)19(24)26-9/h3,5-7,9,14-15,17-18,21-23H,4,8H2,1-2H3/b5-3+/t9-,14-,15-,17+,18+/m0/s1. The van der Waals surface area contributed by atoms with E-state index < -0.39 is 42.2 Å². The fourth-order valence-electron chi connectivity index (χ4n) is 3.10. The second-order valence-corrected chi connectivity index (χ2v) is 6.71. The molecule has 27 heavy (non-hydrogen) atoms. The molecule has 0 amide bonds. The van der Waals surface area contributed by atoms with Gasteiger partial charge in [0.15, 0.2) is 5.78 Å². The minimum Gasteiger partial charge on any atom is -0.507 e. The number of benzene rings is 1. The second kappa shape index (κ2) is 7.67. The normalized spacial score (nSPS) is 32.5. The van der Waals surface area contributed by atoms with Crippen molar-refractivity contribution in [2.45, 2.75) is 50.3 Å². The molecule has 1 aromatic rings. The predicted octanol–water partition coefficient (Wildman–Crippen LogP) is 1.03. The van der Waals surface area contributed by atoms with E-state index >= 15 is 0 Å². The number of rotatable bonds is 1. The number of hydrogen-bond donors (Lipinski definition) is 3. The highest BCUT2D eigenvalue weighted by molar-refractivity contribution is 5.96. The number of phenolic OH excluding ortho intramolecular Hbond substituents is 1. The molecule has 0 bridgehead atoms. The summed E-state index contributed by atoms with van der Waals surface area (Å²) in [6.07, 6.45) is -1.33. The van der Waals surface area contributed by atoms with Crippen LogP contribution in [0.25, 0.3) is 0 Å². The lowest BCUT2D eigenvalue weighted by molar-refractivity contribution is -0.115. The summed E-state index contributed by atoms with van der Waals surface area (Å²) < 4.78 is 15.7. The molecule has 2 aliphatic rings. The number of hydrogen-bond acceptors (Lipinski definition) is 8. The van der Waals surface area contributed by atoms with Gasteiger partial charge in [0.25, 0.3) is 0 Å². The Balaban J connectivity index is 2.00. The van der Waals surface area contributed by atoms with E-state index in [2.05, 4.69) is 0 Å². The highest BCUT2D eigenvalue weighted by Crippen LogP contribution is 2.37. The van der Waals surface area contributed by atoms with Crippen molar-refractivity contribution >= 4 is 11.8 Å². The van der Waals surface area contributed by atoms with E-state index in [1.165, 1.54) is 25.3 Å². The Morgan fingerprint density at radius 3 is 2.67 bits per heavy atom. The number of carbonyl (C=O) groups excluding carboxylic acids is 2. The minimum absolute atomic E-state index is 0.00568. The van der Waals surface area contributed by atoms with Gasteiger partial charge in [-0.05, 0) is 19.1 Å². The lowest BCUT2D eigenvalue weighted by Crippen LogP contribution is -2.25. The largest absolute Gasteiger partial charge is 0.507 e. The zero-order valence-electron chi connectivity index (χ0n) is 15.0. The van der Waals surface area contributed by atoms with Crippen LogP contribution in [0.15, 0.2) is 24.3 Å². The van der Waals surface area contributed by atoms with Crippen molar-refractivity contribution in [1.82, 2.24) is 0 Å². The molecular formula is C19H22O8. The Hall–Kier alpha value is -2.42. The van der Waals surface area contributed by atoms with E-state index in [1.54, 1.807) is 13.0 Å². The second-order valence-electron chi connectivity index (χ2n) is 6.71. The molecule has 1 fully saturated rings. The number of phenols is 1. The Labute approximate surface area is 156 Å². The van der Waals surface area contributed by atoms with Crippen molar-refractivity contribution in [2.75, 3.05) is 7.11 Å². The van der Waals surface area contributed by atoms with E-state index in [9.17, 15) is 24.9 Å². The van der Waals surface area contributed by atoms with Gasteiger partial charge in [-0.15, -0.1) is 0 Å². The van der Waals surface area contributed by atoms with Crippen LogP contribution in [0.1, 0.15) is 41.8 Å². The molecule has 1 aromatic carbocycles. The van der Waals surface area contributed by atoms with Crippen molar-refractivity contribution in [3.63, 3.8) is 0 Å². The molecule has 8 nitrogen and oxygen atoms in total. The van der Waals surface area contributed by atoms with Crippen LogP contribution in [-0.4, -0.2) is 58.6 Å². The van der Waals surface area contributed by atoms with E-state index in [0.29, 0.717) is 6.42 Å². The van der Waals surface area contributed by atoms with Gasteiger partial charge in [-0.3, -0.25) is 4.79 Å². The predicted molar refractivity (Wildman–Crippen MR) is 92.5 cm³/mol.